The van der Waals surface area contributed by atoms with Crippen LogP contribution in [-0.2, 0) is 0 Å². The molecule has 0 heterocycles. The minimum absolute atomic E-state index is 0.261. The van der Waals surface area contributed by atoms with Crippen molar-refractivity contribution in [3.8, 4) is 0 Å². The largest absolute Gasteiger partial charge is 0.398 e. The Bertz CT molecular complexity index is 973. The van der Waals surface area contributed by atoms with E-state index in [1.165, 1.54) is 61.2 Å². The summed E-state index contributed by atoms with van der Waals surface area (Å²) in [4.78, 5) is 0. The Balaban J connectivity index is 2.16. The predicted octanol–water partition coefficient (Wildman–Crippen LogP) is 7.73. The molecule has 3 aromatic rings. The van der Waals surface area contributed by atoms with Gasteiger partial charge in [-0.2, -0.15) is 0 Å². The highest BCUT2D eigenvalue weighted by Gasteiger charge is 2.22. The normalized spacial score (nSPS) is 13.4. The summed E-state index contributed by atoms with van der Waals surface area (Å²) in [5, 5.41) is 0. The van der Waals surface area contributed by atoms with Crippen LogP contribution >= 0.6 is 0 Å². The van der Waals surface area contributed by atoms with Crippen molar-refractivity contribution in [3.63, 3.8) is 0 Å². The van der Waals surface area contributed by atoms with E-state index in [2.05, 4.69) is 98.7 Å². The van der Waals surface area contributed by atoms with Gasteiger partial charge in [0.15, 0.2) is 0 Å². The molecule has 2 atom stereocenters. The maximum Gasteiger partial charge on any atom is 0.0391 e. The maximum atomic E-state index is 6.89. The smallest absolute Gasteiger partial charge is 0.0391 e. The minimum atomic E-state index is 0.261. The minimum Gasteiger partial charge on any atom is -0.398 e. The van der Waals surface area contributed by atoms with Crippen LogP contribution in [0.3, 0.4) is 0 Å². The molecule has 1 nitrogen and oxygen atoms in total. The molecule has 0 aromatic heterocycles. The van der Waals surface area contributed by atoms with Gasteiger partial charge in [-0.25, -0.2) is 0 Å². The number of benzene rings is 3. The van der Waals surface area contributed by atoms with Crippen molar-refractivity contribution in [3.05, 3.63) is 97.6 Å². The third kappa shape index (κ3) is 4.03. The van der Waals surface area contributed by atoms with Crippen LogP contribution in [0.1, 0.15) is 86.9 Å². The number of hydrogen-bond donors (Lipinski definition) is 1. The zero-order valence-corrected chi connectivity index (χ0v) is 20.2. The molecule has 3 aromatic carbocycles. The number of anilines is 1. The average Bonchev–Trinajstić information content (AvgIpc) is 2.61. The van der Waals surface area contributed by atoms with E-state index in [1.54, 1.807) is 0 Å². The molecule has 158 valence electrons. The van der Waals surface area contributed by atoms with Crippen LogP contribution in [0.2, 0.25) is 0 Å². The van der Waals surface area contributed by atoms with Crippen molar-refractivity contribution in [2.24, 2.45) is 0 Å². The molecular weight excluding hydrogens is 362 g/mol. The zero-order chi connectivity index (χ0) is 22.3. The van der Waals surface area contributed by atoms with Crippen molar-refractivity contribution in [2.45, 2.75) is 74.1 Å². The Kier molecular flexibility index (Phi) is 6.13. The van der Waals surface area contributed by atoms with Gasteiger partial charge in [0.05, 0.1) is 0 Å². The molecule has 0 aliphatic carbocycles. The summed E-state index contributed by atoms with van der Waals surface area (Å²) in [5.41, 5.74) is 22.4. The van der Waals surface area contributed by atoms with Crippen molar-refractivity contribution >= 4 is 5.69 Å². The third-order valence-electron chi connectivity index (χ3n) is 6.66. The predicted molar refractivity (Wildman–Crippen MR) is 132 cm³/mol. The van der Waals surface area contributed by atoms with Crippen molar-refractivity contribution < 1.29 is 0 Å². The quantitative estimate of drug-likeness (QED) is 0.446. The summed E-state index contributed by atoms with van der Waals surface area (Å²) < 4.78 is 0. The molecular formula is C29H37N. The zero-order valence-electron chi connectivity index (χ0n) is 20.2. The van der Waals surface area contributed by atoms with Gasteiger partial charge >= 0.3 is 0 Å². The highest BCUT2D eigenvalue weighted by Crippen LogP contribution is 2.40. The fraction of sp³-hybridized carbons (Fsp3) is 0.379. The summed E-state index contributed by atoms with van der Waals surface area (Å²) >= 11 is 0. The van der Waals surface area contributed by atoms with Crippen LogP contribution < -0.4 is 5.73 Å². The second kappa shape index (κ2) is 8.30. The van der Waals surface area contributed by atoms with Crippen LogP contribution in [0, 0.1) is 48.5 Å². The Hall–Kier alpha value is -2.54. The Morgan fingerprint density at radius 1 is 0.500 bits per heavy atom. The van der Waals surface area contributed by atoms with Gasteiger partial charge in [-0.15, -0.1) is 0 Å². The van der Waals surface area contributed by atoms with Crippen molar-refractivity contribution in [1.82, 2.24) is 0 Å². The lowest BCUT2D eigenvalue weighted by molar-refractivity contribution is 0.867. The van der Waals surface area contributed by atoms with Gasteiger partial charge < -0.3 is 5.73 Å². The van der Waals surface area contributed by atoms with E-state index in [1.807, 2.05) is 0 Å². The SMILES string of the molecule is Cc1cc(C)c([C@@H](C)c2cc(C)cc([C@H](C)c3c(C)cc(C)cc3C)c2N)c(C)c1. The molecule has 3 rings (SSSR count). The van der Waals surface area contributed by atoms with Gasteiger partial charge in [0, 0.05) is 17.5 Å². The monoisotopic (exact) mass is 399 g/mol. The van der Waals surface area contributed by atoms with Crippen LogP contribution in [0.5, 0.6) is 0 Å². The van der Waals surface area contributed by atoms with Gasteiger partial charge in [0.25, 0.3) is 0 Å². The molecule has 0 amide bonds. The lowest BCUT2D eigenvalue weighted by Crippen LogP contribution is -2.11. The van der Waals surface area contributed by atoms with E-state index in [9.17, 15) is 0 Å². The molecule has 0 bridgehead atoms. The van der Waals surface area contributed by atoms with E-state index in [4.69, 9.17) is 5.73 Å². The lowest BCUT2D eigenvalue weighted by Gasteiger charge is -2.26. The van der Waals surface area contributed by atoms with E-state index >= 15 is 0 Å². The fourth-order valence-electron chi connectivity index (χ4n) is 5.63. The molecule has 2 N–H and O–H groups in total. The van der Waals surface area contributed by atoms with Crippen LogP contribution in [0.15, 0.2) is 36.4 Å². The first-order chi connectivity index (χ1) is 14.0. The summed E-state index contributed by atoms with van der Waals surface area (Å²) in [6, 6.07) is 13.7. The van der Waals surface area contributed by atoms with E-state index in [0.29, 0.717) is 0 Å². The summed E-state index contributed by atoms with van der Waals surface area (Å²) in [6.07, 6.45) is 0. The molecule has 0 aliphatic rings. The highest BCUT2D eigenvalue weighted by atomic mass is 14.6. The molecule has 30 heavy (non-hydrogen) atoms. The third-order valence-corrected chi connectivity index (χ3v) is 6.66. The molecule has 0 saturated carbocycles. The first kappa shape index (κ1) is 22.2. The molecule has 0 unspecified atom stereocenters. The molecule has 0 saturated heterocycles. The summed E-state index contributed by atoms with van der Waals surface area (Å²) in [6.45, 7) is 20.0. The van der Waals surface area contributed by atoms with Gasteiger partial charge in [-0.3, -0.25) is 0 Å². The van der Waals surface area contributed by atoms with Gasteiger partial charge in [0.2, 0.25) is 0 Å². The molecule has 0 aliphatic heterocycles. The second-order valence-electron chi connectivity index (χ2n) is 9.43. The van der Waals surface area contributed by atoms with Crippen LogP contribution in [-0.4, -0.2) is 0 Å². The number of nitrogens with two attached hydrogens (primary N) is 1. The Labute approximate surface area is 183 Å². The second-order valence-corrected chi connectivity index (χ2v) is 9.43. The van der Waals surface area contributed by atoms with Gasteiger partial charge in [-0.1, -0.05) is 66.9 Å². The first-order valence-electron chi connectivity index (χ1n) is 11.1. The van der Waals surface area contributed by atoms with E-state index < -0.39 is 0 Å². The van der Waals surface area contributed by atoms with E-state index in [-0.39, 0.29) is 11.8 Å². The standard InChI is InChI=1S/C29H37N/c1-16-10-19(4)27(20(5)11-16)23(8)25-14-18(3)15-26(29(25)30)24(9)28-21(6)12-17(2)13-22(28)7/h10-15,23-24H,30H2,1-9H3/t23-,24-/m0/s1. The number of aryl methyl sites for hydroxylation is 7. The number of nitrogen functional groups attached to an aromatic ring is 1. The van der Waals surface area contributed by atoms with Gasteiger partial charge in [0.1, 0.15) is 0 Å². The average molecular weight is 400 g/mol. The molecule has 0 fully saturated rings. The van der Waals surface area contributed by atoms with Crippen molar-refractivity contribution in [1.29, 1.82) is 0 Å². The topological polar surface area (TPSA) is 26.0 Å². The van der Waals surface area contributed by atoms with E-state index in [0.717, 1.165) is 5.69 Å². The highest BCUT2D eigenvalue weighted by molar-refractivity contribution is 5.63. The maximum absolute atomic E-state index is 6.89. The molecule has 0 spiro atoms. The van der Waals surface area contributed by atoms with Crippen LogP contribution in [0.4, 0.5) is 5.69 Å². The Morgan fingerprint density at radius 2 is 0.767 bits per heavy atom. The van der Waals surface area contributed by atoms with Gasteiger partial charge in [-0.05, 0) is 93.0 Å². The Morgan fingerprint density at radius 3 is 1.07 bits per heavy atom. The number of rotatable bonds is 4. The number of hydrogen-bond acceptors (Lipinski definition) is 1. The van der Waals surface area contributed by atoms with Crippen LogP contribution in [0.25, 0.3) is 0 Å². The fourth-order valence-corrected chi connectivity index (χ4v) is 5.63. The molecule has 1 heteroatoms. The summed E-state index contributed by atoms with van der Waals surface area (Å²) in [7, 11) is 0. The summed E-state index contributed by atoms with van der Waals surface area (Å²) in [5.74, 6) is 0.522. The van der Waals surface area contributed by atoms with Crippen molar-refractivity contribution in [2.75, 3.05) is 5.73 Å². The molecule has 0 radical (unpaired) electrons. The first-order valence-corrected chi connectivity index (χ1v) is 11.1. The lowest BCUT2D eigenvalue weighted by atomic mass is 9.80.